The Bertz CT molecular complexity index is 597. The summed E-state index contributed by atoms with van der Waals surface area (Å²) in [5.41, 5.74) is 0.130. The SMILES string of the molecule is COc1ccc(C(=O)Nc2cccc(F)c2F)cc1. The number of ether oxygens (including phenoxy) is 1. The van der Waals surface area contributed by atoms with Gasteiger partial charge >= 0.3 is 0 Å². The van der Waals surface area contributed by atoms with Gasteiger partial charge in [-0.25, -0.2) is 8.78 Å². The van der Waals surface area contributed by atoms with Crippen LogP contribution in [0.1, 0.15) is 10.4 Å². The van der Waals surface area contributed by atoms with E-state index in [1.54, 1.807) is 12.1 Å². The topological polar surface area (TPSA) is 38.3 Å². The van der Waals surface area contributed by atoms with E-state index in [9.17, 15) is 13.6 Å². The number of benzene rings is 2. The van der Waals surface area contributed by atoms with Crippen LogP contribution in [-0.2, 0) is 0 Å². The predicted octanol–water partition coefficient (Wildman–Crippen LogP) is 3.23. The molecule has 0 fully saturated rings. The molecule has 98 valence electrons. The van der Waals surface area contributed by atoms with Gasteiger partial charge in [0.15, 0.2) is 11.6 Å². The molecule has 3 nitrogen and oxygen atoms in total. The summed E-state index contributed by atoms with van der Waals surface area (Å²) in [6.07, 6.45) is 0. The Balaban J connectivity index is 2.18. The van der Waals surface area contributed by atoms with Crippen molar-refractivity contribution in [3.63, 3.8) is 0 Å². The summed E-state index contributed by atoms with van der Waals surface area (Å²) in [5.74, 6) is -2.00. The Morgan fingerprint density at radius 1 is 1.11 bits per heavy atom. The molecule has 0 heterocycles. The first-order valence-electron chi connectivity index (χ1n) is 5.51. The summed E-state index contributed by atoms with van der Waals surface area (Å²) in [4.78, 5) is 11.8. The lowest BCUT2D eigenvalue weighted by molar-refractivity contribution is 0.102. The van der Waals surface area contributed by atoms with Gasteiger partial charge in [0, 0.05) is 5.56 Å². The van der Waals surface area contributed by atoms with Gasteiger partial charge in [0.2, 0.25) is 0 Å². The summed E-state index contributed by atoms with van der Waals surface area (Å²) in [5, 5.41) is 2.31. The van der Waals surface area contributed by atoms with Crippen molar-refractivity contribution in [2.24, 2.45) is 0 Å². The summed E-state index contributed by atoms with van der Waals surface area (Å²) in [7, 11) is 1.51. The number of amides is 1. The maximum Gasteiger partial charge on any atom is 0.255 e. The van der Waals surface area contributed by atoms with Crippen LogP contribution >= 0.6 is 0 Å². The first kappa shape index (κ1) is 13.0. The minimum absolute atomic E-state index is 0.194. The van der Waals surface area contributed by atoms with Crippen LogP contribution in [-0.4, -0.2) is 13.0 Å². The number of nitrogens with one attached hydrogen (secondary N) is 1. The van der Waals surface area contributed by atoms with E-state index >= 15 is 0 Å². The fraction of sp³-hybridized carbons (Fsp3) is 0.0714. The monoisotopic (exact) mass is 263 g/mol. The molecule has 0 spiro atoms. The van der Waals surface area contributed by atoms with E-state index in [1.807, 2.05) is 0 Å². The molecule has 0 aliphatic heterocycles. The molecule has 2 rings (SSSR count). The molecule has 1 N–H and O–H groups in total. The van der Waals surface area contributed by atoms with Crippen molar-refractivity contribution in [1.29, 1.82) is 0 Å². The Morgan fingerprint density at radius 3 is 2.42 bits per heavy atom. The summed E-state index contributed by atoms with van der Waals surface area (Å²) in [6, 6.07) is 9.88. The van der Waals surface area contributed by atoms with Gasteiger partial charge in [0.25, 0.3) is 5.91 Å². The van der Waals surface area contributed by atoms with E-state index in [4.69, 9.17) is 4.74 Å². The predicted molar refractivity (Wildman–Crippen MR) is 67.3 cm³/mol. The van der Waals surface area contributed by atoms with Crippen LogP contribution in [0.2, 0.25) is 0 Å². The second kappa shape index (κ2) is 5.48. The molecule has 19 heavy (non-hydrogen) atoms. The lowest BCUT2D eigenvalue weighted by Crippen LogP contribution is -2.13. The highest BCUT2D eigenvalue weighted by Crippen LogP contribution is 2.18. The smallest absolute Gasteiger partial charge is 0.255 e. The largest absolute Gasteiger partial charge is 0.497 e. The minimum Gasteiger partial charge on any atom is -0.497 e. The van der Waals surface area contributed by atoms with Gasteiger partial charge in [-0.3, -0.25) is 4.79 Å². The molecule has 0 aliphatic rings. The lowest BCUT2D eigenvalue weighted by Gasteiger charge is -2.07. The third kappa shape index (κ3) is 2.88. The van der Waals surface area contributed by atoms with Gasteiger partial charge in [0.05, 0.1) is 12.8 Å². The highest BCUT2D eigenvalue weighted by atomic mass is 19.2. The number of methoxy groups -OCH3 is 1. The molecule has 2 aromatic rings. The highest BCUT2D eigenvalue weighted by molar-refractivity contribution is 6.04. The maximum atomic E-state index is 13.4. The molecule has 2 aromatic carbocycles. The van der Waals surface area contributed by atoms with Crippen LogP contribution in [0.3, 0.4) is 0 Å². The van der Waals surface area contributed by atoms with E-state index in [1.165, 1.54) is 31.4 Å². The van der Waals surface area contributed by atoms with Crippen molar-refractivity contribution in [2.45, 2.75) is 0 Å². The molecular weight excluding hydrogens is 252 g/mol. The maximum absolute atomic E-state index is 13.4. The molecule has 0 atom stereocenters. The van der Waals surface area contributed by atoms with Crippen molar-refractivity contribution in [2.75, 3.05) is 12.4 Å². The highest BCUT2D eigenvalue weighted by Gasteiger charge is 2.12. The quantitative estimate of drug-likeness (QED) is 0.923. The number of rotatable bonds is 3. The molecular formula is C14H11F2NO2. The molecule has 1 amide bonds. The first-order valence-corrected chi connectivity index (χ1v) is 5.51. The summed E-state index contributed by atoms with van der Waals surface area (Å²) >= 11 is 0. The second-order valence-electron chi connectivity index (χ2n) is 3.78. The van der Waals surface area contributed by atoms with Gasteiger partial charge in [-0.1, -0.05) is 6.07 Å². The van der Waals surface area contributed by atoms with Gasteiger partial charge in [-0.2, -0.15) is 0 Å². The number of halogens is 2. The molecule has 0 aromatic heterocycles. The van der Waals surface area contributed by atoms with Gasteiger partial charge < -0.3 is 10.1 Å². The molecule has 0 saturated heterocycles. The molecule has 0 aliphatic carbocycles. The van der Waals surface area contributed by atoms with Crippen molar-refractivity contribution in [3.05, 3.63) is 59.7 Å². The van der Waals surface area contributed by atoms with E-state index in [0.29, 0.717) is 11.3 Å². The van der Waals surface area contributed by atoms with Gasteiger partial charge in [-0.15, -0.1) is 0 Å². The summed E-state index contributed by atoms with van der Waals surface area (Å²) in [6.45, 7) is 0. The fourth-order valence-corrected chi connectivity index (χ4v) is 1.54. The summed E-state index contributed by atoms with van der Waals surface area (Å²) < 4.78 is 31.3. The fourth-order valence-electron chi connectivity index (χ4n) is 1.54. The average Bonchev–Trinajstić information content (AvgIpc) is 2.44. The number of carbonyl (C=O) groups is 1. The zero-order valence-corrected chi connectivity index (χ0v) is 10.1. The number of hydrogen-bond acceptors (Lipinski definition) is 2. The van der Waals surface area contributed by atoms with Crippen molar-refractivity contribution < 1.29 is 18.3 Å². The lowest BCUT2D eigenvalue weighted by atomic mass is 10.2. The van der Waals surface area contributed by atoms with Crippen LogP contribution in [0.25, 0.3) is 0 Å². The second-order valence-corrected chi connectivity index (χ2v) is 3.78. The molecule has 5 heteroatoms. The van der Waals surface area contributed by atoms with E-state index in [-0.39, 0.29) is 5.69 Å². The van der Waals surface area contributed by atoms with E-state index in [0.717, 1.165) is 6.07 Å². The van der Waals surface area contributed by atoms with Gasteiger partial charge in [-0.05, 0) is 36.4 Å². The molecule has 0 radical (unpaired) electrons. The van der Waals surface area contributed by atoms with Crippen LogP contribution in [0.5, 0.6) is 5.75 Å². The average molecular weight is 263 g/mol. The number of hydrogen-bond donors (Lipinski definition) is 1. The van der Waals surface area contributed by atoms with Crippen LogP contribution < -0.4 is 10.1 Å². The zero-order valence-electron chi connectivity index (χ0n) is 10.1. The zero-order chi connectivity index (χ0) is 13.8. The number of anilines is 1. The Morgan fingerprint density at radius 2 is 1.79 bits per heavy atom. The number of carbonyl (C=O) groups excluding carboxylic acids is 1. The minimum atomic E-state index is -1.08. The molecule has 0 saturated carbocycles. The molecule has 0 bridgehead atoms. The normalized spacial score (nSPS) is 10.1. The first-order chi connectivity index (χ1) is 9.11. The molecule has 0 unspecified atom stereocenters. The Labute approximate surface area is 108 Å². The van der Waals surface area contributed by atoms with Crippen LogP contribution in [0.4, 0.5) is 14.5 Å². The van der Waals surface area contributed by atoms with Crippen LogP contribution in [0.15, 0.2) is 42.5 Å². The van der Waals surface area contributed by atoms with Crippen molar-refractivity contribution in [3.8, 4) is 5.75 Å². The Kier molecular flexibility index (Phi) is 3.75. The Hall–Kier alpha value is -2.43. The third-order valence-corrected chi connectivity index (χ3v) is 2.55. The van der Waals surface area contributed by atoms with Gasteiger partial charge in [0.1, 0.15) is 5.75 Å². The standard InChI is InChI=1S/C14H11F2NO2/c1-19-10-7-5-9(6-8-10)14(18)17-12-4-2-3-11(15)13(12)16/h2-8H,1H3,(H,17,18). The van der Waals surface area contributed by atoms with E-state index in [2.05, 4.69) is 5.32 Å². The van der Waals surface area contributed by atoms with Crippen molar-refractivity contribution >= 4 is 11.6 Å². The third-order valence-electron chi connectivity index (χ3n) is 2.55. The van der Waals surface area contributed by atoms with Crippen molar-refractivity contribution in [1.82, 2.24) is 0 Å². The van der Waals surface area contributed by atoms with Crippen LogP contribution in [0, 0.1) is 11.6 Å². The van der Waals surface area contributed by atoms with E-state index < -0.39 is 17.5 Å².